The van der Waals surface area contributed by atoms with Gasteiger partial charge in [-0.2, -0.15) is 0 Å². The molecule has 0 spiro atoms. The molecule has 0 saturated heterocycles. The number of carbonyl (C=O) groups excluding carboxylic acids is 1. The Hall–Kier alpha value is -3.51. The molecule has 3 rings (SSSR count). The van der Waals surface area contributed by atoms with E-state index in [0.717, 1.165) is 30.5 Å². The van der Waals surface area contributed by atoms with Crippen molar-refractivity contribution in [2.75, 3.05) is 6.61 Å². The molecule has 3 aromatic rings. The minimum absolute atomic E-state index is 0.0600. The predicted octanol–water partition coefficient (Wildman–Crippen LogP) is 4.34. The lowest BCUT2D eigenvalue weighted by molar-refractivity contribution is -0.160. The molecule has 148 valence electrons. The van der Waals surface area contributed by atoms with E-state index in [4.69, 9.17) is 4.74 Å². The second kappa shape index (κ2) is 8.67. The molecular weight excluding hydrogens is 378 g/mol. The quantitative estimate of drug-likeness (QED) is 0.480. The first-order chi connectivity index (χ1) is 13.9. The summed E-state index contributed by atoms with van der Waals surface area (Å²) in [5.74, 6) is -2.14. The molecule has 0 aliphatic heterocycles. The van der Waals surface area contributed by atoms with E-state index < -0.39 is 23.2 Å². The predicted molar refractivity (Wildman–Crippen MR) is 104 cm³/mol. The van der Waals surface area contributed by atoms with Crippen molar-refractivity contribution in [3.63, 3.8) is 0 Å². The van der Waals surface area contributed by atoms with Crippen LogP contribution in [0, 0.1) is 11.6 Å². The van der Waals surface area contributed by atoms with E-state index in [-0.39, 0.29) is 17.7 Å². The average Bonchev–Trinajstić information content (AvgIpc) is 2.75. The lowest BCUT2D eigenvalue weighted by Crippen LogP contribution is -2.39. The smallest absolute Gasteiger partial charge is 0.348 e. The van der Waals surface area contributed by atoms with Crippen molar-refractivity contribution >= 4 is 11.5 Å². The molecule has 0 radical (unpaired) electrons. The Balaban J connectivity index is 1.92. The zero-order valence-corrected chi connectivity index (χ0v) is 15.3. The van der Waals surface area contributed by atoms with Crippen molar-refractivity contribution in [1.29, 1.82) is 0 Å². The molecule has 0 aliphatic rings. The second-order valence-electron chi connectivity index (χ2n) is 6.32. The van der Waals surface area contributed by atoms with E-state index >= 15 is 0 Å². The lowest BCUT2D eigenvalue weighted by atomic mass is 9.86. The zero-order valence-electron chi connectivity index (χ0n) is 15.3. The largest absolute Gasteiger partial charge is 0.515 e. The van der Waals surface area contributed by atoms with Crippen LogP contribution in [-0.4, -0.2) is 22.8 Å². The summed E-state index contributed by atoms with van der Waals surface area (Å²) in [7, 11) is 0. The van der Waals surface area contributed by atoms with Crippen LogP contribution in [0.4, 0.5) is 8.78 Å². The van der Waals surface area contributed by atoms with Crippen molar-refractivity contribution < 1.29 is 28.5 Å². The molecule has 0 fully saturated rings. The van der Waals surface area contributed by atoms with Gasteiger partial charge in [-0.05, 0) is 41.0 Å². The van der Waals surface area contributed by atoms with Crippen LogP contribution in [0.2, 0.25) is 0 Å². The highest BCUT2D eigenvalue weighted by Gasteiger charge is 2.42. The lowest BCUT2D eigenvalue weighted by Gasteiger charge is -2.27. The van der Waals surface area contributed by atoms with Crippen molar-refractivity contribution in [3.8, 4) is 0 Å². The Morgan fingerprint density at radius 1 is 0.862 bits per heavy atom. The van der Waals surface area contributed by atoms with Gasteiger partial charge in [0.15, 0.2) is 0 Å². The fraction of sp³-hybridized carbons (Fsp3) is 0.0870. The van der Waals surface area contributed by atoms with Gasteiger partial charge < -0.3 is 14.9 Å². The van der Waals surface area contributed by atoms with Crippen molar-refractivity contribution in [2.45, 2.75) is 5.60 Å². The molecule has 0 heterocycles. The maximum atomic E-state index is 13.3. The maximum absolute atomic E-state index is 13.3. The van der Waals surface area contributed by atoms with E-state index in [9.17, 15) is 23.8 Å². The standard InChI is InChI=1S/C23H18F2O4/c24-20-10-6-18(7-11-20)23(28,19-8-12-21(25)13-9-19)22(27)29-15-17(14-26)16-4-2-1-3-5-16/h1-14,26,28H,15H2/b17-14-. The Bertz CT molecular complexity index is 952. The molecule has 0 unspecified atom stereocenters. The van der Waals surface area contributed by atoms with Crippen molar-refractivity contribution in [3.05, 3.63) is 113 Å². The fourth-order valence-electron chi connectivity index (χ4n) is 2.88. The molecule has 3 aromatic carbocycles. The van der Waals surface area contributed by atoms with Gasteiger partial charge in [0.25, 0.3) is 0 Å². The molecule has 0 amide bonds. The number of hydrogen-bond acceptors (Lipinski definition) is 4. The van der Waals surface area contributed by atoms with Gasteiger partial charge in [0, 0.05) is 5.57 Å². The topological polar surface area (TPSA) is 66.8 Å². The highest BCUT2D eigenvalue weighted by Crippen LogP contribution is 2.32. The van der Waals surface area contributed by atoms with Crippen LogP contribution in [0.15, 0.2) is 85.1 Å². The summed E-state index contributed by atoms with van der Waals surface area (Å²) in [4.78, 5) is 12.9. The van der Waals surface area contributed by atoms with Gasteiger partial charge in [-0.3, -0.25) is 0 Å². The summed E-state index contributed by atoms with van der Waals surface area (Å²) in [6.45, 7) is -0.315. The van der Waals surface area contributed by atoms with E-state index in [2.05, 4.69) is 0 Å². The minimum atomic E-state index is -2.29. The second-order valence-corrected chi connectivity index (χ2v) is 6.32. The molecule has 0 aliphatic carbocycles. The number of carbonyl (C=O) groups is 1. The first-order valence-corrected chi connectivity index (χ1v) is 8.75. The van der Waals surface area contributed by atoms with E-state index in [1.54, 1.807) is 30.3 Å². The number of ether oxygens (including phenoxy) is 1. The van der Waals surface area contributed by atoms with Crippen LogP contribution in [0.1, 0.15) is 16.7 Å². The molecule has 0 bridgehead atoms. The number of benzene rings is 3. The number of aliphatic hydroxyl groups excluding tert-OH is 1. The third-order valence-corrected chi connectivity index (χ3v) is 4.48. The molecule has 0 atom stereocenters. The van der Waals surface area contributed by atoms with Gasteiger partial charge in [-0.25, -0.2) is 13.6 Å². The van der Waals surface area contributed by atoms with Crippen molar-refractivity contribution in [2.24, 2.45) is 0 Å². The highest BCUT2D eigenvalue weighted by atomic mass is 19.1. The van der Waals surface area contributed by atoms with E-state index in [1.807, 2.05) is 0 Å². The fourth-order valence-corrected chi connectivity index (χ4v) is 2.88. The summed E-state index contributed by atoms with van der Waals surface area (Å²) >= 11 is 0. The summed E-state index contributed by atoms with van der Waals surface area (Å²) in [6.07, 6.45) is 0.817. The Morgan fingerprint density at radius 3 is 1.79 bits per heavy atom. The van der Waals surface area contributed by atoms with Gasteiger partial charge in [-0.15, -0.1) is 0 Å². The third-order valence-electron chi connectivity index (χ3n) is 4.48. The SMILES string of the molecule is O=C(OC/C(=C/O)c1ccccc1)C(O)(c1ccc(F)cc1)c1ccc(F)cc1. The van der Waals surface area contributed by atoms with Gasteiger partial charge in [-0.1, -0.05) is 54.6 Å². The van der Waals surface area contributed by atoms with Gasteiger partial charge >= 0.3 is 5.97 Å². The molecule has 0 saturated carbocycles. The van der Waals surface area contributed by atoms with Gasteiger partial charge in [0.2, 0.25) is 5.60 Å². The van der Waals surface area contributed by atoms with Crippen LogP contribution >= 0.6 is 0 Å². The third kappa shape index (κ3) is 4.33. The molecule has 0 aromatic heterocycles. The Kier molecular flexibility index (Phi) is 6.04. The molecule has 4 nitrogen and oxygen atoms in total. The normalized spacial score (nSPS) is 11.9. The Morgan fingerprint density at radius 2 is 1.34 bits per heavy atom. The van der Waals surface area contributed by atoms with E-state index in [1.165, 1.54) is 24.3 Å². The number of hydrogen-bond donors (Lipinski definition) is 2. The Labute approximate surface area is 166 Å². The summed E-state index contributed by atoms with van der Waals surface area (Å²) < 4.78 is 32.0. The highest BCUT2D eigenvalue weighted by molar-refractivity contribution is 5.86. The maximum Gasteiger partial charge on any atom is 0.348 e. The van der Waals surface area contributed by atoms with Crippen LogP contribution in [0.3, 0.4) is 0 Å². The van der Waals surface area contributed by atoms with E-state index in [0.29, 0.717) is 11.1 Å². The monoisotopic (exact) mass is 396 g/mol. The molecule has 2 N–H and O–H groups in total. The molecular formula is C23H18F2O4. The van der Waals surface area contributed by atoms with Crippen LogP contribution in [0.5, 0.6) is 0 Å². The minimum Gasteiger partial charge on any atom is -0.515 e. The summed E-state index contributed by atoms with van der Waals surface area (Å²) in [5.41, 5.74) is -1.22. The first kappa shape index (κ1) is 20.2. The summed E-state index contributed by atoms with van der Waals surface area (Å²) in [6, 6.07) is 18.2. The zero-order chi connectivity index (χ0) is 20.9. The molecule has 29 heavy (non-hydrogen) atoms. The van der Waals surface area contributed by atoms with Crippen molar-refractivity contribution in [1.82, 2.24) is 0 Å². The summed E-state index contributed by atoms with van der Waals surface area (Å²) in [5, 5.41) is 20.8. The van der Waals surface area contributed by atoms with Crippen LogP contribution < -0.4 is 0 Å². The van der Waals surface area contributed by atoms with Gasteiger partial charge in [0.1, 0.15) is 18.2 Å². The number of aliphatic hydroxyl groups is 2. The number of rotatable bonds is 6. The first-order valence-electron chi connectivity index (χ1n) is 8.75. The average molecular weight is 396 g/mol. The number of esters is 1. The number of halogens is 2. The van der Waals surface area contributed by atoms with Crippen LogP contribution in [-0.2, 0) is 15.1 Å². The van der Waals surface area contributed by atoms with Gasteiger partial charge in [0.05, 0.1) is 6.26 Å². The van der Waals surface area contributed by atoms with Crippen LogP contribution in [0.25, 0.3) is 5.57 Å². The molecule has 6 heteroatoms.